The summed E-state index contributed by atoms with van der Waals surface area (Å²) < 4.78 is 0. The Morgan fingerprint density at radius 2 is 2.11 bits per heavy atom. The van der Waals surface area contributed by atoms with Crippen LogP contribution in [0.3, 0.4) is 0 Å². The van der Waals surface area contributed by atoms with Gasteiger partial charge in [0.1, 0.15) is 18.6 Å². The van der Waals surface area contributed by atoms with Crippen LogP contribution in [0.2, 0.25) is 19.6 Å². The van der Waals surface area contributed by atoms with Gasteiger partial charge >= 0.3 is 0 Å². The molecule has 0 aromatic carbocycles. The van der Waals surface area contributed by atoms with Crippen LogP contribution in [0.4, 0.5) is 0 Å². The first kappa shape index (κ1) is 15.7. The Morgan fingerprint density at radius 1 is 1.37 bits per heavy atom. The second kappa shape index (κ2) is 7.25. The Hall–Kier alpha value is -1.40. The van der Waals surface area contributed by atoms with Crippen molar-refractivity contribution in [3.8, 4) is 23.3 Å². The van der Waals surface area contributed by atoms with Gasteiger partial charge in [-0.25, -0.2) is 4.98 Å². The van der Waals surface area contributed by atoms with Crippen LogP contribution >= 0.6 is 11.3 Å². The number of thiazole rings is 1. The molecule has 5 heteroatoms. The SMILES string of the molecule is C[Si](C)(C)C#Cc1sc(C=O)nc1C#CCCCO. The average molecular weight is 291 g/mol. The van der Waals surface area contributed by atoms with Crippen LogP contribution in [-0.4, -0.2) is 31.1 Å². The van der Waals surface area contributed by atoms with Crippen LogP contribution in [0, 0.1) is 23.3 Å². The molecule has 1 N–H and O–H groups in total. The lowest BCUT2D eigenvalue weighted by molar-refractivity contribution is 0.112. The summed E-state index contributed by atoms with van der Waals surface area (Å²) >= 11 is 1.28. The van der Waals surface area contributed by atoms with Crippen molar-refractivity contribution < 1.29 is 9.90 Å². The molecule has 0 aliphatic rings. The van der Waals surface area contributed by atoms with Crippen molar-refractivity contribution in [2.45, 2.75) is 32.5 Å². The van der Waals surface area contributed by atoms with Gasteiger partial charge in [-0.15, -0.1) is 16.9 Å². The number of aliphatic hydroxyl groups excluding tert-OH is 1. The highest BCUT2D eigenvalue weighted by Gasteiger charge is 2.10. The van der Waals surface area contributed by atoms with Crippen molar-refractivity contribution in [3.63, 3.8) is 0 Å². The number of aromatic nitrogens is 1. The molecule has 0 saturated carbocycles. The molecule has 1 aromatic rings. The Bertz CT molecular complexity index is 564. The van der Waals surface area contributed by atoms with Crippen LogP contribution in [0.15, 0.2) is 0 Å². The minimum atomic E-state index is -1.46. The third kappa shape index (κ3) is 5.85. The molecular formula is C14H17NO2SSi. The fraction of sp³-hybridized carbons (Fsp3) is 0.429. The van der Waals surface area contributed by atoms with Gasteiger partial charge in [-0.3, -0.25) is 4.79 Å². The van der Waals surface area contributed by atoms with E-state index >= 15 is 0 Å². The van der Waals surface area contributed by atoms with Gasteiger partial charge in [0, 0.05) is 13.0 Å². The summed E-state index contributed by atoms with van der Waals surface area (Å²) in [6.07, 6.45) is 1.99. The zero-order valence-corrected chi connectivity index (χ0v) is 13.2. The summed E-state index contributed by atoms with van der Waals surface area (Å²) in [5.74, 6) is 8.98. The topological polar surface area (TPSA) is 50.2 Å². The van der Waals surface area contributed by atoms with Crippen molar-refractivity contribution in [2.24, 2.45) is 0 Å². The molecule has 1 aromatic heterocycles. The summed E-state index contributed by atoms with van der Waals surface area (Å²) in [4.78, 5) is 15.7. The molecule has 0 unspecified atom stereocenters. The van der Waals surface area contributed by atoms with Gasteiger partial charge in [0.15, 0.2) is 11.3 Å². The van der Waals surface area contributed by atoms with Gasteiger partial charge < -0.3 is 5.11 Å². The van der Waals surface area contributed by atoms with Crippen molar-refractivity contribution in [2.75, 3.05) is 6.61 Å². The Labute approximate surface area is 119 Å². The summed E-state index contributed by atoms with van der Waals surface area (Å²) in [5.41, 5.74) is 3.83. The highest BCUT2D eigenvalue weighted by Crippen LogP contribution is 2.16. The van der Waals surface area contributed by atoms with Gasteiger partial charge in [0.05, 0.1) is 0 Å². The summed E-state index contributed by atoms with van der Waals surface area (Å²) in [7, 11) is -1.46. The second-order valence-electron chi connectivity index (χ2n) is 4.98. The smallest absolute Gasteiger partial charge is 0.178 e. The lowest BCUT2D eigenvalue weighted by atomic mass is 10.3. The number of rotatable bonds is 3. The van der Waals surface area contributed by atoms with Gasteiger partial charge in [0.2, 0.25) is 0 Å². The molecule has 0 aliphatic heterocycles. The van der Waals surface area contributed by atoms with Crippen molar-refractivity contribution in [1.29, 1.82) is 0 Å². The zero-order chi connectivity index (χ0) is 14.3. The number of hydrogen-bond donors (Lipinski definition) is 1. The van der Waals surface area contributed by atoms with E-state index in [-0.39, 0.29) is 6.61 Å². The summed E-state index contributed by atoms with van der Waals surface area (Å²) in [5, 5.41) is 9.10. The fourth-order valence-corrected chi connectivity index (χ4v) is 2.39. The largest absolute Gasteiger partial charge is 0.396 e. The minimum absolute atomic E-state index is 0.133. The molecular weight excluding hydrogens is 274 g/mol. The predicted octanol–water partition coefficient (Wildman–Crippen LogP) is 2.31. The molecule has 3 nitrogen and oxygen atoms in total. The monoisotopic (exact) mass is 291 g/mol. The number of aldehydes is 1. The third-order valence-electron chi connectivity index (χ3n) is 1.96. The average Bonchev–Trinajstić information content (AvgIpc) is 2.74. The first-order valence-electron chi connectivity index (χ1n) is 6.05. The summed E-state index contributed by atoms with van der Waals surface area (Å²) in [6.45, 7) is 6.62. The molecule has 19 heavy (non-hydrogen) atoms. The predicted molar refractivity (Wildman–Crippen MR) is 80.9 cm³/mol. The van der Waals surface area contributed by atoms with E-state index in [0.717, 1.165) is 11.2 Å². The molecule has 1 rings (SSSR count). The molecule has 0 spiro atoms. The maximum absolute atomic E-state index is 10.8. The number of carbonyl (C=O) groups excluding carboxylic acids is 1. The van der Waals surface area contributed by atoms with Crippen LogP contribution in [0.25, 0.3) is 0 Å². The third-order valence-corrected chi connectivity index (χ3v) is 3.73. The van der Waals surface area contributed by atoms with Crippen LogP contribution < -0.4 is 0 Å². The number of unbranched alkanes of at least 4 members (excludes halogenated alkanes) is 1. The van der Waals surface area contributed by atoms with Crippen LogP contribution in [-0.2, 0) is 0 Å². The standard InChI is InChI=1S/C14H17NO2SSi/c1-19(2,3)10-8-13-12(7-5-4-6-9-16)15-14(11-17)18-13/h11,16H,4,6,9H2,1-3H3. The molecule has 0 fully saturated rings. The van der Waals surface area contributed by atoms with E-state index in [2.05, 4.69) is 47.9 Å². The normalized spacial score (nSPS) is 10.1. The second-order valence-corrected chi connectivity index (χ2v) is 10.8. The van der Waals surface area contributed by atoms with E-state index in [1.54, 1.807) is 0 Å². The molecule has 0 atom stereocenters. The quantitative estimate of drug-likeness (QED) is 0.402. The van der Waals surface area contributed by atoms with Crippen molar-refractivity contribution in [3.05, 3.63) is 15.6 Å². The maximum atomic E-state index is 10.8. The molecule has 0 radical (unpaired) electrons. The van der Waals surface area contributed by atoms with Crippen LogP contribution in [0.1, 0.15) is 33.2 Å². The minimum Gasteiger partial charge on any atom is -0.396 e. The lowest BCUT2D eigenvalue weighted by Gasteiger charge is -2.02. The van der Waals surface area contributed by atoms with E-state index in [4.69, 9.17) is 5.11 Å². The molecule has 1 heterocycles. The molecule has 0 amide bonds. The van der Waals surface area contributed by atoms with Gasteiger partial charge in [0.25, 0.3) is 0 Å². The Morgan fingerprint density at radius 3 is 2.68 bits per heavy atom. The number of aliphatic hydroxyl groups is 1. The van der Waals surface area contributed by atoms with Crippen LogP contribution in [0.5, 0.6) is 0 Å². The molecule has 0 bridgehead atoms. The first-order valence-corrected chi connectivity index (χ1v) is 10.4. The zero-order valence-electron chi connectivity index (χ0n) is 11.4. The highest BCUT2D eigenvalue weighted by atomic mass is 32.1. The van der Waals surface area contributed by atoms with Gasteiger partial charge in [-0.1, -0.05) is 31.5 Å². The molecule has 100 valence electrons. The maximum Gasteiger partial charge on any atom is 0.178 e. The fourth-order valence-electron chi connectivity index (χ4n) is 1.11. The van der Waals surface area contributed by atoms with Crippen molar-refractivity contribution in [1.82, 2.24) is 4.98 Å². The van der Waals surface area contributed by atoms with Crippen molar-refractivity contribution >= 4 is 25.7 Å². The van der Waals surface area contributed by atoms with E-state index < -0.39 is 8.07 Å². The lowest BCUT2D eigenvalue weighted by Crippen LogP contribution is -2.16. The number of hydrogen-bond acceptors (Lipinski definition) is 4. The Kier molecular flexibility index (Phi) is 5.97. The number of carbonyl (C=O) groups is 1. The first-order chi connectivity index (χ1) is 8.96. The molecule has 0 saturated heterocycles. The molecule has 0 aliphatic carbocycles. The van der Waals surface area contributed by atoms with Gasteiger partial charge in [-0.05, 0) is 12.3 Å². The number of nitrogens with zero attached hydrogens (tertiary/aromatic N) is 1. The summed E-state index contributed by atoms with van der Waals surface area (Å²) in [6, 6.07) is 0. The van der Waals surface area contributed by atoms with E-state index in [0.29, 0.717) is 23.5 Å². The Balaban J connectivity index is 3.00. The van der Waals surface area contributed by atoms with E-state index in [9.17, 15) is 4.79 Å². The van der Waals surface area contributed by atoms with E-state index in [1.165, 1.54) is 11.3 Å². The van der Waals surface area contributed by atoms with Gasteiger partial charge in [-0.2, -0.15) is 0 Å². The highest BCUT2D eigenvalue weighted by molar-refractivity contribution is 7.14. The van der Waals surface area contributed by atoms with E-state index in [1.807, 2.05) is 0 Å².